The van der Waals surface area contributed by atoms with E-state index in [0.717, 1.165) is 24.5 Å². The fraction of sp³-hybridized carbons (Fsp3) is 0.235. The Balaban J connectivity index is 1.58. The standard InChI is InChI=1S/C17H19N5O/c1-13-15(11-20-21-13)17(23)19-12-16-18-8-10-22(16)9-7-14-5-3-2-4-6-14/h2-6,8,10-11H,7,9,12H2,1H3,(H,19,23)(H,20,21). The molecule has 6 nitrogen and oxygen atoms in total. The van der Waals surface area contributed by atoms with Gasteiger partial charge >= 0.3 is 0 Å². The molecule has 2 aromatic heterocycles. The highest BCUT2D eigenvalue weighted by Crippen LogP contribution is 2.06. The summed E-state index contributed by atoms with van der Waals surface area (Å²) in [5, 5.41) is 9.51. The smallest absolute Gasteiger partial charge is 0.255 e. The SMILES string of the molecule is Cc1[nH]ncc1C(=O)NCc1nccn1CCc1ccccc1. The molecule has 3 rings (SSSR count). The molecule has 0 atom stereocenters. The summed E-state index contributed by atoms with van der Waals surface area (Å²) in [6.07, 6.45) is 6.16. The van der Waals surface area contributed by atoms with E-state index in [1.165, 1.54) is 11.8 Å². The topological polar surface area (TPSA) is 75.6 Å². The van der Waals surface area contributed by atoms with Crippen LogP contribution in [0.4, 0.5) is 0 Å². The molecule has 0 aliphatic carbocycles. The summed E-state index contributed by atoms with van der Waals surface area (Å²) >= 11 is 0. The van der Waals surface area contributed by atoms with Crippen molar-refractivity contribution in [3.63, 3.8) is 0 Å². The predicted molar refractivity (Wildman–Crippen MR) is 86.9 cm³/mol. The number of nitrogens with one attached hydrogen (secondary N) is 2. The first kappa shape index (κ1) is 15.0. The first-order chi connectivity index (χ1) is 11.2. The normalized spacial score (nSPS) is 10.7. The summed E-state index contributed by atoms with van der Waals surface area (Å²) in [5.41, 5.74) is 2.60. The highest BCUT2D eigenvalue weighted by molar-refractivity contribution is 5.94. The zero-order chi connectivity index (χ0) is 16.1. The molecule has 0 fully saturated rings. The monoisotopic (exact) mass is 309 g/mol. The Kier molecular flexibility index (Phi) is 4.52. The van der Waals surface area contributed by atoms with Crippen LogP contribution in [0.25, 0.3) is 0 Å². The third kappa shape index (κ3) is 3.66. The van der Waals surface area contributed by atoms with E-state index in [4.69, 9.17) is 0 Å². The number of benzene rings is 1. The van der Waals surface area contributed by atoms with Crippen LogP contribution in [-0.4, -0.2) is 25.7 Å². The number of aromatic amines is 1. The van der Waals surface area contributed by atoms with E-state index in [2.05, 4.69) is 37.2 Å². The van der Waals surface area contributed by atoms with Gasteiger partial charge in [0, 0.05) is 24.6 Å². The van der Waals surface area contributed by atoms with Gasteiger partial charge in [-0.25, -0.2) is 4.98 Å². The summed E-state index contributed by atoms with van der Waals surface area (Å²) in [7, 11) is 0. The second-order valence-electron chi connectivity index (χ2n) is 5.36. The molecular formula is C17H19N5O. The maximum absolute atomic E-state index is 12.1. The number of amides is 1. The Labute approximate surface area is 134 Å². The Morgan fingerprint density at radius 2 is 2.13 bits per heavy atom. The molecule has 0 aliphatic rings. The number of aromatic nitrogens is 4. The summed E-state index contributed by atoms with van der Waals surface area (Å²) in [4.78, 5) is 16.4. The summed E-state index contributed by atoms with van der Waals surface area (Å²) in [6, 6.07) is 10.3. The molecule has 0 saturated carbocycles. The van der Waals surface area contributed by atoms with Gasteiger partial charge in [0.05, 0.1) is 18.3 Å². The molecule has 2 N–H and O–H groups in total. The Morgan fingerprint density at radius 3 is 2.87 bits per heavy atom. The molecule has 1 aromatic carbocycles. The fourth-order valence-electron chi connectivity index (χ4n) is 2.44. The van der Waals surface area contributed by atoms with E-state index >= 15 is 0 Å². The molecule has 1 amide bonds. The number of nitrogens with zero attached hydrogens (tertiary/aromatic N) is 3. The van der Waals surface area contributed by atoms with Gasteiger partial charge in [-0.1, -0.05) is 30.3 Å². The first-order valence-corrected chi connectivity index (χ1v) is 7.56. The van der Waals surface area contributed by atoms with Gasteiger partial charge < -0.3 is 9.88 Å². The molecule has 2 heterocycles. The van der Waals surface area contributed by atoms with Crippen molar-refractivity contribution < 1.29 is 4.79 Å². The van der Waals surface area contributed by atoms with Crippen LogP contribution in [0.2, 0.25) is 0 Å². The molecule has 23 heavy (non-hydrogen) atoms. The highest BCUT2D eigenvalue weighted by atomic mass is 16.1. The fourth-order valence-corrected chi connectivity index (χ4v) is 2.44. The van der Waals surface area contributed by atoms with Gasteiger partial charge in [-0.05, 0) is 18.9 Å². The van der Waals surface area contributed by atoms with Crippen molar-refractivity contribution in [1.82, 2.24) is 25.1 Å². The molecule has 0 saturated heterocycles. The van der Waals surface area contributed by atoms with E-state index in [-0.39, 0.29) is 5.91 Å². The van der Waals surface area contributed by atoms with Crippen LogP contribution in [0.3, 0.4) is 0 Å². The van der Waals surface area contributed by atoms with Crippen LogP contribution in [0.1, 0.15) is 27.4 Å². The maximum atomic E-state index is 12.1. The average Bonchev–Trinajstić information content (AvgIpc) is 3.20. The number of imidazole rings is 1. The van der Waals surface area contributed by atoms with Crippen molar-refractivity contribution in [1.29, 1.82) is 0 Å². The molecule has 0 unspecified atom stereocenters. The Bertz CT molecular complexity index is 775. The van der Waals surface area contributed by atoms with Gasteiger partial charge in [0.2, 0.25) is 0 Å². The maximum Gasteiger partial charge on any atom is 0.255 e. The predicted octanol–water partition coefficient (Wildman–Crippen LogP) is 2.09. The minimum atomic E-state index is -0.145. The van der Waals surface area contributed by atoms with Crippen LogP contribution in [0, 0.1) is 6.92 Å². The summed E-state index contributed by atoms with van der Waals surface area (Å²) in [5.74, 6) is 0.698. The van der Waals surface area contributed by atoms with E-state index < -0.39 is 0 Å². The number of hydrogen-bond donors (Lipinski definition) is 2. The van der Waals surface area contributed by atoms with Gasteiger partial charge in [-0.2, -0.15) is 5.10 Å². The van der Waals surface area contributed by atoms with Crippen LogP contribution >= 0.6 is 0 Å². The minimum absolute atomic E-state index is 0.145. The van der Waals surface area contributed by atoms with Gasteiger partial charge in [0.15, 0.2) is 0 Å². The number of carbonyl (C=O) groups excluding carboxylic acids is 1. The van der Waals surface area contributed by atoms with Crippen molar-refractivity contribution in [2.24, 2.45) is 0 Å². The molecular weight excluding hydrogens is 290 g/mol. The number of rotatable bonds is 6. The highest BCUT2D eigenvalue weighted by Gasteiger charge is 2.11. The van der Waals surface area contributed by atoms with Gasteiger partial charge in [0.25, 0.3) is 5.91 Å². The first-order valence-electron chi connectivity index (χ1n) is 7.56. The third-order valence-corrected chi connectivity index (χ3v) is 3.77. The lowest BCUT2D eigenvalue weighted by molar-refractivity contribution is 0.0949. The molecule has 6 heteroatoms. The van der Waals surface area contributed by atoms with Crippen molar-refractivity contribution in [3.8, 4) is 0 Å². The molecule has 3 aromatic rings. The second kappa shape index (κ2) is 6.91. The number of carbonyl (C=O) groups is 1. The molecule has 0 aliphatic heterocycles. The lowest BCUT2D eigenvalue weighted by Gasteiger charge is -2.09. The van der Waals surface area contributed by atoms with Crippen LogP contribution in [-0.2, 0) is 19.5 Å². The lowest BCUT2D eigenvalue weighted by Crippen LogP contribution is -2.25. The quantitative estimate of drug-likeness (QED) is 0.732. The number of aryl methyl sites for hydroxylation is 3. The molecule has 0 radical (unpaired) electrons. The Hall–Kier alpha value is -2.89. The number of H-pyrrole nitrogens is 1. The van der Waals surface area contributed by atoms with Crippen LogP contribution < -0.4 is 5.32 Å². The average molecular weight is 309 g/mol. The van der Waals surface area contributed by atoms with Gasteiger partial charge in [-0.3, -0.25) is 9.89 Å². The number of hydrogen-bond acceptors (Lipinski definition) is 3. The van der Waals surface area contributed by atoms with E-state index in [0.29, 0.717) is 12.1 Å². The van der Waals surface area contributed by atoms with Crippen molar-refractivity contribution in [2.45, 2.75) is 26.4 Å². The van der Waals surface area contributed by atoms with Gasteiger partial charge in [0.1, 0.15) is 5.82 Å². The third-order valence-electron chi connectivity index (χ3n) is 3.77. The second-order valence-corrected chi connectivity index (χ2v) is 5.36. The van der Waals surface area contributed by atoms with E-state index in [9.17, 15) is 4.79 Å². The zero-order valence-corrected chi connectivity index (χ0v) is 13.0. The lowest BCUT2D eigenvalue weighted by atomic mass is 10.1. The summed E-state index contributed by atoms with van der Waals surface area (Å²) in [6.45, 7) is 3.05. The van der Waals surface area contributed by atoms with Gasteiger partial charge in [-0.15, -0.1) is 0 Å². The Morgan fingerprint density at radius 1 is 1.30 bits per heavy atom. The zero-order valence-electron chi connectivity index (χ0n) is 13.0. The summed E-state index contributed by atoms with van der Waals surface area (Å²) < 4.78 is 2.06. The van der Waals surface area contributed by atoms with E-state index in [1.807, 2.05) is 31.3 Å². The van der Waals surface area contributed by atoms with Crippen molar-refractivity contribution in [3.05, 3.63) is 71.6 Å². The van der Waals surface area contributed by atoms with Crippen LogP contribution in [0.5, 0.6) is 0 Å². The molecule has 0 spiro atoms. The van der Waals surface area contributed by atoms with E-state index in [1.54, 1.807) is 6.20 Å². The molecule has 118 valence electrons. The molecule has 0 bridgehead atoms. The largest absolute Gasteiger partial charge is 0.345 e. The minimum Gasteiger partial charge on any atom is -0.345 e. The van der Waals surface area contributed by atoms with Crippen molar-refractivity contribution >= 4 is 5.91 Å². The van der Waals surface area contributed by atoms with Crippen molar-refractivity contribution in [2.75, 3.05) is 0 Å². The van der Waals surface area contributed by atoms with Crippen LogP contribution in [0.15, 0.2) is 48.9 Å².